The topological polar surface area (TPSA) is 120 Å². The zero-order valence-electron chi connectivity index (χ0n) is 17.1. The maximum Gasteiger partial charge on any atom is 0.279 e. The molecule has 9 heteroatoms. The summed E-state index contributed by atoms with van der Waals surface area (Å²) < 4.78 is 13.9. The lowest BCUT2D eigenvalue weighted by Crippen LogP contribution is -2.19. The lowest BCUT2D eigenvalue weighted by atomic mass is 10.0. The van der Waals surface area contributed by atoms with Gasteiger partial charge >= 0.3 is 0 Å². The van der Waals surface area contributed by atoms with Crippen LogP contribution in [-0.4, -0.2) is 30.8 Å². The van der Waals surface area contributed by atoms with Crippen LogP contribution in [0.1, 0.15) is 10.5 Å². The third-order valence-electron chi connectivity index (χ3n) is 4.95. The van der Waals surface area contributed by atoms with Crippen LogP contribution in [0, 0.1) is 5.95 Å². The van der Waals surface area contributed by atoms with Crippen LogP contribution in [0.3, 0.4) is 0 Å². The Balaban J connectivity index is 1.66. The molecule has 0 unspecified atom stereocenters. The lowest BCUT2D eigenvalue weighted by Gasteiger charge is -2.13. The van der Waals surface area contributed by atoms with Gasteiger partial charge < -0.3 is 11.1 Å². The van der Waals surface area contributed by atoms with Crippen molar-refractivity contribution in [3.05, 3.63) is 90.9 Å². The number of nitrogen functional groups attached to an aromatic ring is 1. The Labute approximate surface area is 187 Å². The molecule has 1 amide bonds. The molecule has 5 aromatic rings. The molecule has 33 heavy (non-hydrogen) atoms. The number of pyridine rings is 1. The van der Waals surface area contributed by atoms with Gasteiger partial charge in [0.05, 0.1) is 16.9 Å². The van der Waals surface area contributed by atoms with Crippen molar-refractivity contribution in [2.45, 2.75) is 0 Å². The normalized spacial score (nSPS) is 10.8. The van der Waals surface area contributed by atoms with Crippen LogP contribution in [-0.2, 0) is 0 Å². The third kappa shape index (κ3) is 3.94. The summed E-state index contributed by atoms with van der Waals surface area (Å²) in [5, 5.41) is 3.26. The van der Waals surface area contributed by atoms with Crippen molar-refractivity contribution in [1.82, 2.24) is 24.9 Å². The van der Waals surface area contributed by atoms with Gasteiger partial charge in [0, 0.05) is 35.1 Å². The van der Waals surface area contributed by atoms with Crippen molar-refractivity contribution in [2.24, 2.45) is 0 Å². The number of carbonyl (C=O) groups is 1. The summed E-state index contributed by atoms with van der Waals surface area (Å²) in [5.74, 6) is -2.08. The van der Waals surface area contributed by atoms with E-state index in [1.54, 1.807) is 6.20 Å². The molecule has 0 spiro atoms. The molecule has 3 heterocycles. The van der Waals surface area contributed by atoms with E-state index in [1.807, 2.05) is 60.7 Å². The van der Waals surface area contributed by atoms with Gasteiger partial charge in [-0.3, -0.25) is 9.78 Å². The minimum absolute atomic E-state index is 0.0955. The first kappa shape index (κ1) is 20.1. The maximum atomic E-state index is 13.9. The average molecular weight is 437 g/mol. The van der Waals surface area contributed by atoms with Gasteiger partial charge in [0.25, 0.3) is 11.9 Å². The number of nitrogens with one attached hydrogen (secondary N) is 1. The van der Waals surface area contributed by atoms with Crippen LogP contribution < -0.4 is 11.1 Å². The van der Waals surface area contributed by atoms with Crippen LogP contribution in [0.15, 0.2) is 79.3 Å². The molecule has 2 aromatic carbocycles. The standard InChI is InChI=1S/C24H16FN7O/c25-21-23(29-12-11-28-21)32-24(33)20-22(26)31-18(14-5-2-1-3-6-14)19(30-20)16-8-9-17-15(13-16)7-4-10-27-17/h1-13H,(H2,26,31)(H,29,32,33). The number of nitrogens with two attached hydrogens (primary N) is 1. The van der Waals surface area contributed by atoms with Gasteiger partial charge in [0.2, 0.25) is 0 Å². The van der Waals surface area contributed by atoms with Crippen molar-refractivity contribution >= 4 is 28.4 Å². The number of carbonyl (C=O) groups excluding carboxylic acids is 1. The van der Waals surface area contributed by atoms with E-state index in [9.17, 15) is 9.18 Å². The number of hydrogen-bond acceptors (Lipinski definition) is 7. The molecule has 0 fully saturated rings. The molecular weight excluding hydrogens is 421 g/mol. The van der Waals surface area contributed by atoms with Crippen LogP contribution in [0.4, 0.5) is 16.0 Å². The van der Waals surface area contributed by atoms with Gasteiger partial charge in [0.1, 0.15) is 0 Å². The summed E-state index contributed by atoms with van der Waals surface area (Å²) in [6, 6.07) is 18.8. The van der Waals surface area contributed by atoms with E-state index in [1.165, 1.54) is 12.4 Å². The molecule has 0 aliphatic heterocycles. The highest BCUT2D eigenvalue weighted by atomic mass is 19.1. The molecule has 0 saturated heterocycles. The van der Waals surface area contributed by atoms with Gasteiger partial charge in [-0.2, -0.15) is 4.39 Å². The average Bonchev–Trinajstić information content (AvgIpc) is 2.85. The second kappa shape index (κ2) is 8.39. The second-order valence-electron chi connectivity index (χ2n) is 7.08. The van der Waals surface area contributed by atoms with Crippen molar-refractivity contribution in [3.63, 3.8) is 0 Å². The van der Waals surface area contributed by atoms with E-state index in [0.717, 1.165) is 22.0 Å². The number of rotatable bonds is 4. The maximum absolute atomic E-state index is 13.9. The van der Waals surface area contributed by atoms with E-state index in [0.29, 0.717) is 11.4 Å². The van der Waals surface area contributed by atoms with Gasteiger partial charge in [-0.05, 0) is 18.2 Å². The summed E-state index contributed by atoms with van der Waals surface area (Å²) in [4.78, 5) is 33.6. The molecule has 3 N–H and O–H groups in total. The van der Waals surface area contributed by atoms with Gasteiger partial charge in [-0.1, -0.05) is 42.5 Å². The molecule has 0 aliphatic carbocycles. The minimum atomic E-state index is -0.916. The molecule has 5 rings (SSSR count). The number of fused-ring (bicyclic) bond motifs is 1. The summed E-state index contributed by atoms with van der Waals surface area (Å²) in [7, 11) is 0. The molecule has 3 aromatic heterocycles. The zero-order chi connectivity index (χ0) is 22.8. The Bertz CT molecular complexity index is 1490. The molecule has 8 nitrogen and oxygen atoms in total. The molecule has 0 atom stereocenters. The highest BCUT2D eigenvalue weighted by molar-refractivity contribution is 6.06. The Hall–Kier alpha value is -4.79. The molecule has 0 aliphatic rings. The summed E-state index contributed by atoms with van der Waals surface area (Å²) in [6.07, 6.45) is 4.16. The third-order valence-corrected chi connectivity index (χ3v) is 4.95. The number of aromatic nitrogens is 5. The number of amides is 1. The SMILES string of the molecule is Nc1nc(-c2ccccc2)c(-c2ccc3ncccc3c2)nc1C(=O)Nc1nccnc1F. The predicted octanol–water partition coefficient (Wildman–Crippen LogP) is 4.12. The fourth-order valence-corrected chi connectivity index (χ4v) is 3.41. The number of halogens is 1. The van der Waals surface area contributed by atoms with Crippen molar-refractivity contribution < 1.29 is 9.18 Å². The minimum Gasteiger partial charge on any atom is -0.382 e. The molecule has 160 valence electrons. The van der Waals surface area contributed by atoms with Gasteiger partial charge in [-0.15, -0.1) is 0 Å². The highest BCUT2D eigenvalue weighted by Crippen LogP contribution is 2.32. The molecule has 0 bridgehead atoms. The highest BCUT2D eigenvalue weighted by Gasteiger charge is 2.21. The summed E-state index contributed by atoms with van der Waals surface area (Å²) in [6.45, 7) is 0. The van der Waals surface area contributed by atoms with Gasteiger partial charge in [-0.25, -0.2) is 19.9 Å². The Morgan fingerprint density at radius 3 is 2.42 bits per heavy atom. The zero-order valence-corrected chi connectivity index (χ0v) is 17.1. The summed E-state index contributed by atoms with van der Waals surface area (Å²) >= 11 is 0. The Kier molecular flexibility index (Phi) is 5.12. The number of nitrogens with zero attached hydrogens (tertiary/aromatic N) is 5. The lowest BCUT2D eigenvalue weighted by molar-refractivity contribution is 0.102. The summed E-state index contributed by atoms with van der Waals surface area (Å²) in [5.41, 5.74) is 9.25. The number of benzene rings is 2. The monoisotopic (exact) mass is 437 g/mol. The molecule has 0 radical (unpaired) electrons. The molecule has 0 saturated carbocycles. The Morgan fingerprint density at radius 1 is 0.818 bits per heavy atom. The smallest absolute Gasteiger partial charge is 0.279 e. The second-order valence-corrected chi connectivity index (χ2v) is 7.08. The van der Waals surface area contributed by atoms with Crippen molar-refractivity contribution in [3.8, 4) is 22.5 Å². The predicted molar refractivity (Wildman–Crippen MR) is 123 cm³/mol. The molecular formula is C24H16FN7O. The quantitative estimate of drug-likeness (QED) is 0.434. The van der Waals surface area contributed by atoms with E-state index in [-0.39, 0.29) is 17.3 Å². The van der Waals surface area contributed by atoms with E-state index >= 15 is 0 Å². The van der Waals surface area contributed by atoms with Crippen LogP contribution in [0.2, 0.25) is 0 Å². The van der Waals surface area contributed by atoms with E-state index in [2.05, 4.69) is 30.2 Å². The first-order chi connectivity index (χ1) is 16.1. The van der Waals surface area contributed by atoms with Crippen LogP contribution >= 0.6 is 0 Å². The van der Waals surface area contributed by atoms with Crippen molar-refractivity contribution in [2.75, 3.05) is 11.1 Å². The number of hydrogen-bond donors (Lipinski definition) is 2. The van der Waals surface area contributed by atoms with E-state index < -0.39 is 11.9 Å². The van der Waals surface area contributed by atoms with Gasteiger partial charge in [0.15, 0.2) is 17.3 Å². The first-order valence-corrected chi connectivity index (χ1v) is 9.96. The fourth-order valence-electron chi connectivity index (χ4n) is 3.41. The largest absolute Gasteiger partial charge is 0.382 e. The van der Waals surface area contributed by atoms with E-state index in [4.69, 9.17) is 5.73 Å². The van der Waals surface area contributed by atoms with Crippen molar-refractivity contribution in [1.29, 1.82) is 0 Å². The van der Waals surface area contributed by atoms with Crippen LogP contribution in [0.25, 0.3) is 33.4 Å². The fraction of sp³-hybridized carbons (Fsp3) is 0. The number of anilines is 2. The Morgan fingerprint density at radius 2 is 1.61 bits per heavy atom. The van der Waals surface area contributed by atoms with Crippen LogP contribution in [0.5, 0.6) is 0 Å². The first-order valence-electron chi connectivity index (χ1n) is 9.96.